The highest BCUT2D eigenvalue weighted by atomic mass is 32.1. The standard InChI is InChI=1S/C15H15N3O6S/c1-3-23-11-7-8(6-10(18(21)22)12(11)24-4-2)5-9-13(19)16-15(25)17-14(9)20/h5-7H,3-4H2,1-2H3,(H2,16,17,19,20,25). The summed E-state index contributed by atoms with van der Waals surface area (Å²) in [7, 11) is 0. The molecule has 1 fully saturated rings. The van der Waals surface area contributed by atoms with Gasteiger partial charge in [-0.05, 0) is 43.8 Å². The van der Waals surface area contributed by atoms with Gasteiger partial charge in [0, 0.05) is 6.07 Å². The third-order valence-corrected chi connectivity index (χ3v) is 3.30. The van der Waals surface area contributed by atoms with Crippen LogP contribution in [0.4, 0.5) is 5.69 Å². The summed E-state index contributed by atoms with van der Waals surface area (Å²) in [5, 5.41) is 15.8. The zero-order chi connectivity index (χ0) is 18.6. The van der Waals surface area contributed by atoms with Crippen LogP contribution in [0, 0.1) is 10.1 Å². The molecule has 1 heterocycles. The smallest absolute Gasteiger partial charge is 0.315 e. The van der Waals surface area contributed by atoms with Crippen LogP contribution in [-0.2, 0) is 9.59 Å². The second-order valence-electron chi connectivity index (χ2n) is 4.79. The molecule has 1 saturated heterocycles. The molecule has 0 bridgehead atoms. The van der Waals surface area contributed by atoms with E-state index in [9.17, 15) is 19.7 Å². The summed E-state index contributed by atoms with van der Waals surface area (Å²) in [6, 6.07) is 2.66. The summed E-state index contributed by atoms with van der Waals surface area (Å²) in [5.41, 5.74) is -0.312. The van der Waals surface area contributed by atoms with E-state index >= 15 is 0 Å². The number of carbonyl (C=O) groups is 2. The van der Waals surface area contributed by atoms with Crippen molar-refractivity contribution in [2.45, 2.75) is 13.8 Å². The van der Waals surface area contributed by atoms with E-state index in [0.717, 1.165) is 0 Å². The lowest BCUT2D eigenvalue weighted by Crippen LogP contribution is -2.51. The predicted octanol–water partition coefficient (Wildman–Crippen LogP) is 1.31. The Morgan fingerprint density at radius 1 is 1.16 bits per heavy atom. The Labute approximate surface area is 148 Å². The molecule has 0 unspecified atom stereocenters. The van der Waals surface area contributed by atoms with Gasteiger partial charge in [0.1, 0.15) is 5.57 Å². The normalized spacial score (nSPS) is 13.8. The van der Waals surface area contributed by atoms with E-state index in [-0.39, 0.29) is 46.6 Å². The number of ether oxygens (including phenoxy) is 2. The van der Waals surface area contributed by atoms with E-state index in [0.29, 0.717) is 0 Å². The van der Waals surface area contributed by atoms with E-state index < -0.39 is 16.7 Å². The molecule has 0 atom stereocenters. The van der Waals surface area contributed by atoms with E-state index in [1.54, 1.807) is 13.8 Å². The molecular formula is C15H15N3O6S. The quantitative estimate of drug-likeness (QED) is 0.256. The summed E-state index contributed by atoms with van der Waals surface area (Å²) >= 11 is 4.72. The largest absolute Gasteiger partial charge is 0.490 e. The van der Waals surface area contributed by atoms with Gasteiger partial charge in [-0.3, -0.25) is 30.3 Å². The average Bonchev–Trinajstić information content (AvgIpc) is 2.53. The SMILES string of the molecule is CCOc1cc(C=C2C(=O)NC(=S)NC2=O)cc([N+](=O)[O-])c1OCC. The Morgan fingerprint density at radius 2 is 1.76 bits per heavy atom. The molecule has 2 rings (SSSR count). The van der Waals surface area contributed by atoms with Gasteiger partial charge in [0.25, 0.3) is 11.8 Å². The fourth-order valence-electron chi connectivity index (χ4n) is 2.15. The second-order valence-corrected chi connectivity index (χ2v) is 5.19. The van der Waals surface area contributed by atoms with Crippen LogP contribution in [0.3, 0.4) is 0 Å². The van der Waals surface area contributed by atoms with Crippen LogP contribution in [0.2, 0.25) is 0 Å². The minimum atomic E-state index is -0.691. The highest BCUT2D eigenvalue weighted by molar-refractivity contribution is 7.80. The molecule has 2 amide bonds. The third-order valence-electron chi connectivity index (χ3n) is 3.10. The fourth-order valence-corrected chi connectivity index (χ4v) is 2.34. The van der Waals surface area contributed by atoms with E-state index in [2.05, 4.69) is 10.6 Å². The van der Waals surface area contributed by atoms with Crippen molar-refractivity contribution in [3.05, 3.63) is 33.4 Å². The Hall–Kier alpha value is -3.01. The van der Waals surface area contributed by atoms with Crippen LogP contribution < -0.4 is 20.1 Å². The minimum Gasteiger partial charge on any atom is -0.490 e. The molecule has 1 aliphatic heterocycles. The van der Waals surface area contributed by atoms with E-state index in [1.165, 1.54) is 18.2 Å². The molecule has 1 aliphatic rings. The number of thiocarbonyl (C=S) groups is 1. The maximum atomic E-state index is 11.9. The van der Waals surface area contributed by atoms with Crippen LogP contribution in [0.1, 0.15) is 19.4 Å². The molecular weight excluding hydrogens is 350 g/mol. The van der Waals surface area contributed by atoms with Gasteiger partial charge in [0.15, 0.2) is 10.9 Å². The molecule has 0 saturated carbocycles. The van der Waals surface area contributed by atoms with Gasteiger partial charge in [-0.25, -0.2) is 0 Å². The molecule has 1 aromatic carbocycles. The molecule has 25 heavy (non-hydrogen) atoms. The van der Waals surface area contributed by atoms with Gasteiger partial charge in [-0.15, -0.1) is 0 Å². The first-order valence-electron chi connectivity index (χ1n) is 7.33. The van der Waals surface area contributed by atoms with Gasteiger partial charge >= 0.3 is 5.69 Å². The lowest BCUT2D eigenvalue weighted by Gasteiger charge is -2.16. The summed E-state index contributed by atoms with van der Waals surface area (Å²) in [6.07, 6.45) is 1.22. The molecule has 10 heteroatoms. The third kappa shape index (κ3) is 4.10. The molecule has 1 aromatic rings. The zero-order valence-electron chi connectivity index (χ0n) is 13.5. The van der Waals surface area contributed by atoms with Crippen LogP contribution in [-0.4, -0.2) is 35.1 Å². The first-order chi connectivity index (χ1) is 11.9. The van der Waals surface area contributed by atoms with Crippen molar-refractivity contribution in [3.63, 3.8) is 0 Å². The van der Waals surface area contributed by atoms with Gasteiger partial charge < -0.3 is 9.47 Å². The summed E-state index contributed by atoms with van der Waals surface area (Å²) in [5.74, 6) is -1.24. The van der Waals surface area contributed by atoms with E-state index in [1.807, 2.05) is 0 Å². The molecule has 0 spiro atoms. The number of nitro groups is 1. The number of carbonyl (C=O) groups excluding carboxylic acids is 2. The van der Waals surface area contributed by atoms with Crippen molar-refractivity contribution < 1.29 is 24.0 Å². The van der Waals surface area contributed by atoms with Gasteiger partial charge in [0.05, 0.1) is 18.1 Å². The van der Waals surface area contributed by atoms with Crippen molar-refractivity contribution in [1.29, 1.82) is 0 Å². The number of hydrogen-bond donors (Lipinski definition) is 2. The first kappa shape index (κ1) is 18.3. The Morgan fingerprint density at radius 3 is 2.28 bits per heavy atom. The molecule has 2 N–H and O–H groups in total. The molecule has 132 valence electrons. The molecule has 0 aliphatic carbocycles. The van der Waals surface area contributed by atoms with Crippen LogP contribution in [0.5, 0.6) is 11.5 Å². The number of benzene rings is 1. The number of nitro benzene ring substituents is 1. The predicted molar refractivity (Wildman–Crippen MR) is 92.3 cm³/mol. The van der Waals surface area contributed by atoms with Crippen molar-refractivity contribution >= 4 is 40.9 Å². The summed E-state index contributed by atoms with van der Waals surface area (Å²) in [6.45, 7) is 3.88. The van der Waals surface area contributed by atoms with Crippen LogP contribution >= 0.6 is 12.2 Å². The summed E-state index contributed by atoms with van der Waals surface area (Å²) in [4.78, 5) is 34.5. The highest BCUT2D eigenvalue weighted by Gasteiger charge is 2.27. The average molecular weight is 365 g/mol. The van der Waals surface area contributed by atoms with Crippen LogP contribution in [0.25, 0.3) is 6.08 Å². The Kier molecular flexibility index (Phi) is 5.65. The second kappa shape index (κ2) is 7.71. The Bertz CT molecular complexity index is 768. The zero-order valence-corrected chi connectivity index (χ0v) is 14.3. The monoisotopic (exact) mass is 365 g/mol. The molecule has 0 aromatic heterocycles. The fraction of sp³-hybridized carbons (Fsp3) is 0.267. The summed E-state index contributed by atoms with van der Waals surface area (Å²) < 4.78 is 10.7. The molecule has 0 radical (unpaired) electrons. The lowest BCUT2D eigenvalue weighted by atomic mass is 10.1. The van der Waals surface area contributed by atoms with Gasteiger partial charge in [-0.2, -0.15) is 0 Å². The number of nitrogens with zero attached hydrogens (tertiary/aromatic N) is 1. The first-order valence-corrected chi connectivity index (χ1v) is 7.74. The lowest BCUT2D eigenvalue weighted by molar-refractivity contribution is -0.386. The number of rotatable bonds is 6. The van der Waals surface area contributed by atoms with Crippen molar-refractivity contribution in [3.8, 4) is 11.5 Å². The molecule has 9 nitrogen and oxygen atoms in total. The van der Waals surface area contributed by atoms with Crippen LogP contribution in [0.15, 0.2) is 17.7 Å². The number of nitrogens with one attached hydrogen (secondary N) is 2. The maximum Gasteiger partial charge on any atom is 0.315 e. The number of amides is 2. The topological polar surface area (TPSA) is 120 Å². The van der Waals surface area contributed by atoms with Crippen molar-refractivity contribution in [2.75, 3.05) is 13.2 Å². The maximum absolute atomic E-state index is 11.9. The van der Waals surface area contributed by atoms with Gasteiger partial charge in [-0.1, -0.05) is 0 Å². The highest BCUT2D eigenvalue weighted by Crippen LogP contribution is 2.39. The number of hydrogen-bond acceptors (Lipinski definition) is 7. The minimum absolute atomic E-state index is 0.00442. The van der Waals surface area contributed by atoms with Gasteiger partial charge in [0.2, 0.25) is 5.75 Å². The van der Waals surface area contributed by atoms with Crippen molar-refractivity contribution in [2.24, 2.45) is 0 Å². The van der Waals surface area contributed by atoms with E-state index in [4.69, 9.17) is 21.7 Å². The Balaban J connectivity index is 2.56. The van der Waals surface area contributed by atoms with Crippen molar-refractivity contribution in [1.82, 2.24) is 10.6 Å².